The largest absolute Gasteiger partial charge is 0.496 e. The summed E-state index contributed by atoms with van der Waals surface area (Å²) in [6.07, 6.45) is 0.789. The number of nitrogens with zero attached hydrogens (tertiary/aromatic N) is 4. The normalized spacial score (nSPS) is 18.0. The van der Waals surface area contributed by atoms with Crippen molar-refractivity contribution in [1.29, 1.82) is 0 Å². The first-order chi connectivity index (χ1) is 10.6. The number of amides is 1. The minimum Gasteiger partial charge on any atom is -0.496 e. The summed E-state index contributed by atoms with van der Waals surface area (Å²) < 4.78 is 6.74. The summed E-state index contributed by atoms with van der Waals surface area (Å²) in [6.45, 7) is 0.759. The number of nitrogen functional groups attached to an aromatic ring is 1. The van der Waals surface area contributed by atoms with Gasteiger partial charge in [0, 0.05) is 13.6 Å². The van der Waals surface area contributed by atoms with Crippen LogP contribution in [0.15, 0.2) is 29.4 Å². The Balaban J connectivity index is 1.88. The van der Waals surface area contributed by atoms with Crippen molar-refractivity contribution < 1.29 is 9.53 Å². The van der Waals surface area contributed by atoms with Crippen LogP contribution in [0.3, 0.4) is 0 Å². The highest BCUT2D eigenvalue weighted by Gasteiger charge is 2.31. The van der Waals surface area contributed by atoms with Crippen molar-refractivity contribution in [2.45, 2.75) is 16.8 Å². The molecule has 0 radical (unpaired) electrons. The zero-order valence-electron chi connectivity index (χ0n) is 12.4. The van der Waals surface area contributed by atoms with E-state index in [1.54, 1.807) is 19.1 Å². The Morgan fingerprint density at radius 3 is 2.82 bits per heavy atom. The minimum absolute atomic E-state index is 0.104. The summed E-state index contributed by atoms with van der Waals surface area (Å²) in [5.74, 6) is 7.40. The molecular formula is C14H17N5O2S. The molecule has 1 aliphatic rings. The zero-order valence-corrected chi connectivity index (χ0v) is 13.2. The molecule has 1 saturated heterocycles. The van der Waals surface area contributed by atoms with Crippen molar-refractivity contribution in [3.05, 3.63) is 24.3 Å². The Hall–Kier alpha value is -2.22. The summed E-state index contributed by atoms with van der Waals surface area (Å²) >= 11 is 1.35. The maximum Gasteiger partial charge on any atom is 0.235 e. The Kier molecular flexibility index (Phi) is 3.93. The number of hydrogen-bond donors (Lipinski definition) is 1. The van der Waals surface area contributed by atoms with E-state index in [-0.39, 0.29) is 11.2 Å². The first-order valence-corrected chi connectivity index (χ1v) is 7.75. The number of aromatic nitrogens is 3. The molecule has 0 spiro atoms. The molecule has 8 heteroatoms. The molecule has 1 aromatic carbocycles. The molecule has 7 nitrogen and oxygen atoms in total. The van der Waals surface area contributed by atoms with E-state index in [4.69, 9.17) is 10.6 Å². The Bertz CT molecular complexity index is 702. The number of methoxy groups -OCH3 is 1. The monoisotopic (exact) mass is 319 g/mol. The Morgan fingerprint density at radius 1 is 1.36 bits per heavy atom. The van der Waals surface area contributed by atoms with Gasteiger partial charge >= 0.3 is 0 Å². The molecule has 0 aliphatic carbocycles. The molecule has 2 aromatic rings. The number of ether oxygens (including phenoxy) is 1. The molecule has 116 valence electrons. The van der Waals surface area contributed by atoms with Crippen LogP contribution >= 0.6 is 11.8 Å². The molecule has 1 atom stereocenters. The van der Waals surface area contributed by atoms with Crippen LogP contribution in [0, 0.1) is 0 Å². The van der Waals surface area contributed by atoms with Crippen molar-refractivity contribution >= 4 is 17.7 Å². The lowest BCUT2D eigenvalue weighted by atomic mass is 10.2. The number of carbonyl (C=O) groups excluding carboxylic acids is 1. The fourth-order valence-corrected chi connectivity index (χ4v) is 3.44. The zero-order chi connectivity index (χ0) is 15.7. The van der Waals surface area contributed by atoms with E-state index in [0.29, 0.717) is 16.7 Å². The number of nitrogens with two attached hydrogens (primary N) is 1. The smallest absolute Gasteiger partial charge is 0.235 e. The molecule has 2 heterocycles. The second-order valence-corrected chi connectivity index (χ2v) is 6.20. The number of benzene rings is 1. The highest BCUT2D eigenvalue weighted by atomic mass is 32.2. The molecule has 0 saturated carbocycles. The molecule has 1 amide bonds. The van der Waals surface area contributed by atoms with Crippen LogP contribution in [0.2, 0.25) is 0 Å². The van der Waals surface area contributed by atoms with E-state index in [9.17, 15) is 4.79 Å². The SMILES string of the molecule is COc1ccccc1-c1nnc(SC2CCN(C)C2=O)n1N. The number of carbonyl (C=O) groups is 1. The minimum atomic E-state index is -0.151. The highest BCUT2D eigenvalue weighted by Crippen LogP contribution is 2.32. The maximum atomic E-state index is 12.0. The predicted octanol–water partition coefficient (Wildman–Crippen LogP) is 0.990. The van der Waals surface area contributed by atoms with Gasteiger partial charge in [-0.2, -0.15) is 0 Å². The fraction of sp³-hybridized carbons (Fsp3) is 0.357. The third-order valence-electron chi connectivity index (χ3n) is 3.64. The van der Waals surface area contributed by atoms with Crippen molar-refractivity contribution in [2.24, 2.45) is 0 Å². The average Bonchev–Trinajstić information content (AvgIpc) is 3.05. The molecule has 3 rings (SSSR count). The predicted molar refractivity (Wildman–Crippen MR) is 84.1 cm³/mol. The number of likely N-dealkylation sites (tertiary alicyclic amines) is 1. The molecular weight excluding hydrogens is 302 g/mol. The van der Waals surface area contributed by atoms with E-state index in [1.807, 2.05) is 24.3 Å². The van der Waals surface area contributed by atoms with E-state index in [2.05, 4.69) is 10.2 Å². The summed E-state index contributed by atoms with van der Waals surface area (Å²) in [5.41, 5.74) is 0.765. The van der Waals surface area contributed by atoms with Crippen LogP contribution < -0.4 is 10.6 Å². The first kappa shape index (κ1) is 14.7. The lowest BCUT2D eigenvalue weighted by molar-refractivity contribution is -0.126. The summed E-state index contributed by atoms with van der Waals surface area (Å²) in [7, 11) is 3.40. The van der Waals surface area contributed by atoms with Crippen LogP contribution in [0.1, 0.15) is 6.42 Å². The van der Waals surface area contributed by atoms with Crippen LogP contribution in [0.25, 0.3) is 11.4 Å². The molecule has 1 aromatic heterocycles. The van der Waals surface area contributed by atoms with Crippen molar-refractivity contribution in [2.75, 3.05) is 26.5 Å². The molecule has 1 aliphatic heterocycles. The van der Waals surface area contributed by atoms with Gasteiger partial charge in [-0.1, -0.05) is 23.9 Å². The first-order valence-electron chi connectivity index (χ1n) is 6.87. The van der Waals surface area contributed by atoms with Gasteiger partial charge in [-0.15, -0.1) is 10.2 Å². The van der Waals surface area contributed by atoms with Crippen LogP contribution in [0.5, 0.6) is 5.75 Å². The highest BCUT2D eigenvalue weighted by molar-refractivity contribution is 8.00. The van der Waals surface area contributed by atoms with Crippen molar-refractivity contribution in [3.63, 3.8) is 0 Å². The van der Waals surface area contributed by atoms with E-state index in [0.717, 1.165) is 18.5 Å². The van der Waals surface area contributed by atoms with Gasteiger partial charge in [-0.05, 0) is 18.6 Å². The Morgan fingerprint density at radius 2 is 2.14 bits per heavy atom. The van der Waals surface area contributed by atoms with Gasteiger partial charge in [-0.3, -0.25) is 4.79 Å². The summed E-state index contributed by atoms with van der Waals surface area (Å²) in [4.78, 5) is 13.7. The van der Waals surface area contributed by atoms with Gasteiger partial charge in [0.1, 0.15) is 5.75 Å². The molecule has 1 fully saturated rings. The molecule has 2 N–H and O–H groups in total. The fourth-order valence-electron chi connectivity index (χ4n) is 2.40. The summed E-state index contributed by atoms with van der Waals surface area (Å²) in [5, 5.41) is 8.63. The number of para-hydroxylation sites is 1. The molecule has 1 unspecified atom stereocenters. The van der Waals surface area contributed by atoms with Crippen molar-refractivity contribution in [3.8, 4) is 17.1 Å². The van der Waals surface area contributed by atoms with Gasteiger partial charge < -0.3 is 15.5 Å². The van der Waals surface area contributed by atoms with Crippen LogP contribution in [0.4, 0.5) is 0 Å². The lowest BCUT2D eigenvalue weighted by Crippen LogP contribution is -2.24. The third-order valence-corrected chi connectivity index (χ3v) is 4.85. The molecule has 22 heavy (non-hydrogen) atoms. The van der Waals surface area contributed by atoms with Gasteiger partial charge in [-0.25, -0.2) is 4.68 Å². The standard InChI is InChI=1S/C14H17N5O2S/c1-18-8-7-11(13(18)20)22-14-17-16-12(19(14)15)9-5-3-4-6-10(9)21-2/h3-6,11H,7-8,15H2,1-2H3. The second kappa shape index (κ2) is 5.88. The van der Waals surface area contributed by atoms with Gasteiger partial charge in [0.05, 0.1) is 17.9 Å². The number of hydrogen-bond acceptors (Lipinski definition) is 6. The topological polar surface area (TPSA) is 86.3 Å². The third kappa shape index (κ3) is 2.50. The van der Waals surface area contributed by atoms with Gasteiger partial charge in [0.15, 0.2) is 5.82 Å². The van der Waals surface area contributed by atoms with Crippen LogP contribution in [-0.2, 0) is 4.79 Å². The van der Waals surface area contributed by atoms with E-state index < -0.39 is 0 Å². The second-order valence-electron chi connectivity index (χ2n) is 5.03. The maximum absolute atomic E-state index is 12.0. The van der Waals surface area contributed by atoms with Gasteiger partial charge in [0.2, 0.25) is 11.1 Å². The summed E-state index contributed by atoms with van der Waals surface area (Å²) in [6, 6.07) is 7.47. The van der Waals surface area contributed by atoms with E-state index >= 15 is 0 Å². The number of thioether (sulfide) groups is 1. The quantitative estimate of drug-likeness (QED) is 0.846. The number of rotatable bonds is 4. The van der Waals surface area contributed by atoms with Crippen molar-refractivity contribution in [1.82, 2.24) is 19.8 Å². The average molecular weight is 319 g/mol. The van der Waals surface area contributed by atoms with Gasteiger partial charge in [0.25, 0.3) is 0 Å². The molecule has 0 bridgehead atoms. The Labute approximate surface area is 132 Å². The van der Waals surface area contributed by atoms with Crippen LogP contribution in [-0.4, -0.2) is 51.6 Å². The lowest BCUT2D eigenvalue weighted by Gasteiger charge is -2.10. The van der Waals surface area contributed by atoms with E-state index in [1.165, 1.54) is 16.4 Å².